The van der Waals surface area contributed by atoms with E-state index in [0.29, 0.717) is 12.4 Å². The lowest BCUT2D eigenvalue weighted by Crippen LogP contribution is -2.33. The monoisotopic (exact) mass is 406 g/mol. The summed E-state index contributed by atoms with van der Waals surface area (Å²) in [6.45, 7) is 5.40. The van der Waals surface area contributed by atoms with Crippen LogP contribution in [0.15, 0.2) is 30.6 Å². The van der Waals surface area contributed by atoms with Crippen LogP contribution in [-0.4, -0.2) is 50.2 Å². The maximum atomic E-state index is 12.7. The van der Waals surface area contributed by atoms with Crippen molar-refractivity contribution in [2.75, 3.05) is 18.6 Å². The third-order valence-electron chi connectivity index (χ3n) is 6.16. The largest absolute Gasteiger partial charge is 0.376 e. The molecule has 8 nitrogen and oxygen atoms in total. The molecule has 5 rings (SSSR count). The minimum absolute atomic E-state index is 0.103. The highest BCUT2D eigenvalue weighted by Crippen LogP contribution is 2.42. The highest BCUT2D eigenvalue weighted by Gasteiger charge is 2.42. The maximum Gasteiger partial charge on any atom is 0.236 e. The maximum absolute atomic E-state index is 12.7. The SMILES string of the molecule is CN1C(=O)C(C)(C)c2cc(-c3nc(-c4cnn(C)c4)nn3CC3CCCO3)ccc21. The van der Waals surface area contributed by atoms with E-state index >= 15 is 0 Å². The van der Waals surface area contributed by atoms with Gasteiger partial charge in [0.15, 0.2) is 11.6 Å². The number of benzene rings is 1. The molecular weight excluding hydrogens is 380 g/mol. The summed E-state index contributed by atoms with van der Waals surface area (Å²) in [5.74, 6) is 1.53. The molecule has 4 heterocycles. The Morgan fingerprint density at radius 3 is 2.77 bits per heavy atom. The fraction of sp³-hybridized carbons (Fsp3) is 0.455. The second kappa shape index (κ2) is 6.77. The zero-order valence-electron chi connectivity index (χ0n) is 17.8. The summed E-state index contributed by atoms with van der Waals surface area (Å²) in [7, 11) is 3.71. The summed E-state index contributed by atoms with van der Waals surface area (Å²) in [6, 6.07) is 6.11. The molecule has 1 aromatic carbocycles. The Bertz CT molecular complexity index is 1120. The van der Waals surface area contributed by atoms with E-state index in [-0.39, 0.29) is 12.0 Å². The molecule has 1 saturated heterocycles. The fourth-order valence-corrected chi connectivity index (χ4v) is 4.44. The first-order valence-electron chi connectivity index (χ1n) is 10.3. The van der Waals surface area contributed by atoms with Gasteiger partial charge < -0.3 is 9.64 Å². The molecule has 0 N–H and O–H groups in total. The summed E-state index contributed by atoms with van der Waals surface area (Å²) in [6.07, 6.45) is 5.93. The van der Waals surface area contributed by atoms with Crippen LogP contribution in [-0.2, 0) is 28.5 Å². The van der Waals surface area contributed by atoms with Crippen LogP contribution in [0.5, 0.6) is 0 Å². The number of hydrogen-bond donors (Lipinski definition) is 0. The Morgan fingerprint density at radius 2 is 2.07 bits per heavy atom. The summed E-state index contributed by atoms with van der Waals surface area (Å²) in [5.41, 5.74) is 3.23. The predicted molar refractivity (Wildman–Crippen MR) is 113 cm³/mol. The van der Waals surface area contributed by atoms with Crippen LogP contribution >= 0.6 is 0 Å². The number of carbonyl (C=O) groups excluding carboxylic acids is 1. The van der Waals surface area contributed by atoms with Crippen molar-refractivity contribution in [3.63, 3.8) is 0 Å². The zero-order valence-corrected chi connectivity index (χ0v) is 17.8. The van der Waals surface area contributed by atoms with Crippen LogP contribution in [0.3, 0.4) is 0 Å². The summed E-state index contributed by atoms with van der Waals surface area (Å²) < 4.78 is 9.53. The van der Waals surface area contributed by atoms with Gasteiger partial charge in [0.2, 0.25) is 5.91 Å². The van der Waals surface area contributed by atoms with Gasteiger partial charge in [0.05, 0.1) is 29.8 Å². The molecule has 1 atom stereocenters. The van der Waals surface area contributed by atoms with Gasteiger partial charge in [-0.1, -0.05) is 0 Å². The van der Waals surface area contributed by atoms with Gasteiger partial charge in [0, 0.05) is 38.1 Å². The van der Waals surface area contributed by atoms with Gasteiger partial charge in [-0.2, -0.15) is 10.2 Å². The lowest BCUT2D eigenvalue weighted by molar-refractivity contribution is -0.121. The standard InChI is InChI=1S/C22H26N6O2/c1-22(2)17-10-14(7-8-18(17)27(4)21(22)29)20-24-19(15-11-23-26(3)12-15)25-28(20)13-16-6-5-9-30-16/h7-8,10-12,16H,5-6,9,13H2,1-4H3. The Labute approximate surface area is 175 Å². The van der Waals surface area contributed by atoms with E-state index in [1.807, 2.05) is 51.0 Å². The molecular formula is C22H26N6O2. The van der Waals surface area contributed by atoms with Crippen LogP contribution in [0.1, 0.15) is 32.3 Å². The second-order valence-electron chi connectivity index (χ2n) is 8.70. The molecule has 3 aromatic rings. The summed E-state index contributed by atoms with van der Waals surface area (Å²) in [5, 5.41) is 9.04. The molecule has 8 heteroatoms. The molecule has 0 radical (unpaired) electrons. The minimum Gasteiger partial charge on any atom is -0.376 e. The van der Waals surface area contributed by atoms with E-state index in [2.05, 4.69) is 11.2 Å². The number of fused-ring (bicyclic) bond motifs is 1. The van der Waals surface area contributed by atoms with Crippen molar-refractivity contribution >= 4 is 11.6 Å². The molecule has 0 saturated carbocycles. The van der Waals surface area contributed by atoms with E-state index < -0.39 is 5.41 Å². The van der Waals surface area contributed by atoms with Gasteiger partial charge in [-0.3, -0.25) is 9.48 Å². The number of aryl methyl sites for hydroxylation is 1. The van der Waals surface area contributed by atoms with Crippen molar-refractivity contribution < 1.29 is 9.53 Å². The lowest BCUT2D eigenvalue weighted by Gasteiger charge is -2.17. The van der Waals surface area contributed by atoms with Crippen molar-refractivity contribution in [2.24, 2.45) is 7.05 Å². The van der Waals surface area contributed by atoms with Gasteiger partial charge in [-0.25, -0.2) is 9.67 Å². The Morgan fingerprint density at radius 1 is 1.23 bits per heavy atom. The van der Waals surface area contributed by atoms with Crippen LogP contribution in [0.2, 0.25) is 0 Å². The third-order valence-corrected chi connectivity index (χ3v) is 6.16. The fourth-order valence-electron chi connectivity index (χ4n) is 4.44. The topological polar surface area (TPSA) is 78.1 Å². The number of aromatic nitrogens is 5. The van der Waals surface area contributed by atoms with E-state index in [0.717, 1.165) is 47.7 Å². The summed E-state index contributed by atoms with van der Waals surface area (Å²) >= 11 is 0. The Hall–Kier alpha value is -3.00. The number of amides is 1. The van der Waals surface area contributed by atoms with E-state index in [1.54, 1.807) is 15.8 Å². The van der Waals surface area contributed by atoms with Crippen molar-refractivity contribution in [1.29, 1.82) is 0 Å². The smallest absolute Gasteiger partial charge is 0.236 e. The molecule has 1 fully saturated rings. The second-order valence-corrected chi connectivity index (χ2v) is 8.70. The van der Waals surface area contributed by atoms with E-state index in [9.17, 15) is 4.79 Å². The molecule has 156 valence electrons. The first kappa shape index (κ1) is 19.0. The number of rotatable bonds is 4. The Kier molecular flexibility index (Phi) is 4.28. The lowest BCUT2D eigenvalue weighted by atomic mass is 9.85. The van der Waals surface area contributed by atoms with E-state index in [1.165, 1.54) is 0 Å². The molecule has 1 unspecified atom stereocenters. The first-order chi connectivity index (χ1) is 14.3. The molecule has 30 heavy (non-hydrogen) atoms. The normalized spacial score (nSPS) is 20.2. The van der Waals surface area contributed by atoms with Gasteiger partial charge in [0.1, 0.15) is 0 Å². The zero-order chi connectivity index (χ0) is 21.0. The molecule has 0 bridgehead atoms. The highest BCUT2D eigenvalue weighted by molar-refractivity contribution is 6.07. The van der Waals surface area contributed by atoms with Crippen molar-refractivity contribution in [1.82, 2.24) is 24.5 Å². The number of likely N-dealkylation sites (N-methyl/N-ethyl adjacent to an activating group) is 1. The highest BCUT2D eigenvalue weighted by atomic mass is 16.5. The molecule has 2 aliphatic heterocycles. The van der Waals surface area contributed by atoms with Gasteiger partial charge in [-0.05, 0) is 50.5 Å². The average Bonchev–Trinajstić information content (AvgIpc) is 3.49. The number of ether oxygens (including phenoxy) is 1. The summed E-state index contributed by atoms with van der Waals surface area (Å²) in [4.78, 5) is 19.3. The molecule has 2 aliphatic rings. The van der Waals surface area contributed by atoms with Gasteiger partial charge in [-0.15, -0.1) is 0 Å². The average molecular weight is 406 g/mol. The molecule has 1 amide bonds. The van der Waals surface area contributed by atoms with E-state index in [4.69, 9.17) is 14.8 Å². The predicted octanol–water partition coefficient (Wildman–Crippen LogP) is 2.78. The van der Waals surface area contributed by atoms with Gasteiger partial charge in [0.25, 0.3) is 0 Å². The van der Waals surface area contributed by atoms with Crippen LogP contribution in [0.4, 0.5) is 5.69 Å². The number of nitrogens with zero attached hydrogens (tertiary/aromatic N) is 6. The van der Waals surface area contributed by atoms with Crippen molar-refractivity contribution in [3.8, 4) is 22.8 Å². The number of anilines is 1. The van der Waals surface area contributed by atoms with Crippen molar-refractivity contribution in [2.45, 2.75) is 44.8 Å². The molecule has 0 aliphatic carbocycles. The van der Waals surface area contributed by atoms with Crippen LogP contribution < -0.4 is 4.90 Å². The third kappa shape index (κ3) is 2.94. The van der Waals surface area contributed by atoms with Gasteiger partial charge >= 0.3 is 0 Å². The quantitative estimate of drug-likeness (QED) is 0.666. The van der Waals surface area contributed by atoms with Crippen LogP contribution in [0.25, 0.3) is 22.8 Å². The van der Waals surface area contributed by atoms with Crippen molar-refractivity contribution in [3.05, 3.63) is 36.2 Å². The number of carbonyl (C=O) groups is 1. The van der Waals surface area contributed by atoms with Crippen LogP contribution in [0, 0.1) is 0 Å². The Balaban J connectivity index is 1.60. The molecule has 0 spiro atoms. The first-order valence-corrected chi connectivity index (χ1v) is 10.3. The number of hydrogen-bond acceptors (Lipinski definition) is 5. The minimum atomic E-state index is -0.564. The molecule has 2 aromatic heterocycles.